The predicted molar refractivity (Wildman–Crippen MR) is 72.3 cm³/mol. The van der Waals surface area contributed by atoms with E-state index in [1.165, 1.54) is 24.0 Å². The van der Waals surface area contributed by atoms with E-state index in [2.05, 4.69) is 9.97 Å². The summed E-state index contributed by atoms with van der Waals surface area (Å²) in [7, 11) is 0. The van der Waals surface area contributed by atoms with E-state index in [9.17, 15) is 15.3 Å². The van der Waals surface area contributed by atoms with Crippen LogP contribution in [0.4, 0.5) is 0 Å². The van der Waals surface area contributed by atoms with Gasteiger partial charge >= 0.3 is 0 Å². The van der Waals surface area contributed by atoms with Gasteiger partial charge in [-0.05, 0) is 6.92 Å². The number of aliphatic hydroxyl groups is 3. The average Bonchev–Trinajstić information content (AvgIpc) is 3.02. The van der Waals surface area contributed by atoms with Crippen LogP contribution in [0.5, 0.6) is 0 Å². The molecule has 1 aliphatic rings. The van der Waals surface area contributed by atoms with E-state index in [0.717, 1.165) is 0 Å². The number of aromatic amines is 1. The number of rotatable bonds is 2. The first-order valence-corrected chi connectivity index (χ1v) is 6.61. The summed E-state index contributed by atoms with van der Waals surface area (Å²) in [5, 5.41) is 47.0. The summed E-state index contributed by atoms with van der Waals surface area (Å²) in [6.45, 7) is 0.940. The molecule has 22 heavy (non-hydrogen) atoms. The van der Waals surface area contributed by atoms with Crippen LogP contribution in [0.15, 0.2) is 12.5 Å². The minimum absolute atomic E-state index is 0.0825. The minimum Gasteiger partial charge on any atom is -0.394 e. The molecular weight excluding hydrogens is 290 g/mol. The number of fused-ring (bicyclic) bond motifs is 1. The molecule has 0 spiro atoms. The van der Waals surface area contributed by atoms with Crippen LogP contribution in [0.3, 0.4) is 0 Å². The van der Waals surface area contributed by atoms with Gasteiger partial charge in [-0.2, -0.15) is 5.26 Å². The third-order valence-corrected chi connectivity index (χ3v) is 3.97. The van der Waals surface area contributed by atoms with E-state index in [4.69, 9.17) is 15.4 Å². The molecule has 4 atom stereocenters. The van der Waals surface area contributed by atoms with Gasteiger partial charge in [0.15, 0.2) is 11.7 Å². The minimum atomic E-state index is -1.67. The van der Waals surface area contributed by atoms with Crippen molar-refractivity contribution in [3.05, 3.63) is 23.6 Å². The molecule has 1 fully saturated rings. The molecule has 1 unspecified atom stereocenters. The third-order valence-electron chi connectivity index (χ3n) is 3.97. The zero-order valence-electron chi connectivity index (χ0n) is 11.7. The molecule has 0 aliphatic carbocycles. The van der Waals surface area contributed by atoms with E-state index >= 15 is 0 Å². The average molecular weight is 305 g/mol. The van der Waals surface area contributed by atoms with Crippen LogP contribution >= 0.6 is 0 Å². The molecule has 3 rings (SSSR count). The van der Waals surface area contributed by atoms with Gasteiger partial charge in [-0.15, -0.1) is 0 Å². The van der Waals surface area contributed by atoms with E-state index in [1.54, 1.807) is 0 Å². The smallest absolute Gasteiger partial charge is 0.168 e. The molecule has 9 nitrogen and oxygen atoms in total. The summed E-state index contributed by atoms with van der Waals surface area (Å²) in [6, 6.07) is 1.96. The van der Waals surface area contributed by atoms with Gasteiger partial charge < -0.3 is 25.0 Å². The maximum Gasteiger partial charge on any atom is 0.168 e. The fourth-order valence-corrected chi connectivity index (χ4v) is 2.75. The number of nitriles is 1. The predicted octanol–water partition coefficient (Wildman–Crippen LogP) is -1.28. The first-order valence-electron chi connectivity index (χ1n) is 6.61. The number of aliphatic hydroxyl groups excluding tert-OH is 2. The van der Waals surface area contributed by atoms with E-state index < -0.39 is 30.6 Å². The Morgan fingerprint density at radius 1 is 1.64 bits per heavy atom. The van der Waals surface area contributed by atoms with Crippen molar-refractivity contribution >= 4 is 11.0 Å². The number of hydrogen-bond acceptors (Lipinski definition) is 7. The second-order valence-electron chi connectivity index (χ2n) is 5.42. The van der Waals surface area contributed by atoms with Crippen LogP contribution in [0.2, 0.25) is 0 Å². The van der Waals surface area contributed by atoms with Gasteiger partial charge in [0.1, 0.15) is 35.9 Å². The standard InChI is InChI=1S/C13H15N5O4/c1-13(21)9(20)7(4-19)22-12(13)18-5-17-10(15)8-6(2-14)3-16-11(8)18/h3,5,7,9,12,15-16,19-21H,4H2,1H3/t7-,9?,12-,13+/m1/s1. The number of hydrogen-bond donors (Lipinski definition) is 5. The van der Waals surface area contributed by atoms with Gasteiger partial charge in [-0.25, -0.2) is 4.98 Å². The van der Waals surface area contributed by atoms with Crippen molar-refractivity contribution in [1.82, 2.24) is 14.5 Å². The van der Waals surface area contributed by atoms with Crippen LogP contribution in [0.25, 0.3) is 11.0 Å². The highest BCUT2D eigenvalue weighted by atomic mass is 16.6. The van der Waals surface area contributed by atoms with Crippen LogP contribution in [0, 0.1) is 16.7 Å². The largest absolute Gasteiger partial charge is 0.394 e. The quantitative estimate of drug-likeness (QED) is 0.466. The highest BCUT2D eigenvalue weighted by Gasteiger charge is 2.53. The highest BCUT2D eigenvalue weighted by Crippen LogP contribution is 2.38. The van der Waals surface area contributed by atoms with Crippen LogP contribution in [-0.2, 0) is 4.74 Å². The summed E-state index contributed by atoms with van der Waals surface area (Å²) in [5.41, 5.74) is -1.14. The Hall–Kier alpha value is -2.25. The zero-order chi connectivity index (χ0) is 16.1. The Morgan fingerprint density at radius 2 is 2.36 bits per heavy atom. The summed E-state index contributed by atoms with van der Waals surface area (Å²) in [4.78, 5) is 6.75. The molecule has 1 saturated heterocycles. The first-order chi connectivity index (χ1) is 10.4. The Balaban J connectivity index is 2.20. The van der Waals surface area contributed by atoms with Gasteiger partial charge in [-0.1, -0.05) is 0 Å². The van der Waals surface area contributed by atoms with Crippen molar-refractivity contribution in [3.63, 3.8) is 0 Å². The molecule has 0 aromatic carbocycles. The topological polar surface area (TPSA) is 151 Å². The highest BCUT2D eigenvalue weighted by molar-refractivity contribution is 5.81. The molecule has 3 heterocycles. The number of ether oxygens (including phenoxy) is 1. The zero-order valence-corrected chi connectivity index (χ0v) is 11.7. The molecule has 0 radical (unpaired) electrons. The Bertz CT molecular complexity index is 818. The molecule has 0 saturated carbocycles. The molecule has 2 aromatic heterocycles. The fraction of sp³-hybridized carbons (Fsp3) is 0.462. The molecule has 0 amide bonds. The van der Waals surface area contributed by atoms with Crippen LogP contribution in [-0.4, -0.2) is 54.3 Å². The Labute approximate surface area is 124 Å². The molecule has 0 bridgehead atoms. The monoisotopic (exact) mass is 305 g/mol. The van der Waals surface area contributed by atoms with Gasteiger partial charge in [0.05, 0.1) is 17.6 Å². The second-order valence-corrected chi connectivity index (χ2v) is 5.42. The number of H-pyrrole nitrogens is 1. The molecule has 116 valence electrons. The van der Waals surface area contributed by atoms with Crippen molar-refractivity contribution in [2.75, 3.05) is 6.61 Å². The molecule has 2 aromatic rings. The van der Waals surface area contributed by atoms with E-state index in [0.29, 0.717) is 11.0 Å². The summed E-state index contributed by atoms with van der Waals surface area (Å²) in [6.07, 6.45) is -0.534. The maximum atomic E-state index is 10.5. The lowest BCUT2D eigenvalue weighted by Gasteiger charge is -2.28. The normalized spacial score (nSPS) is 31.5. The number of nitrogens with one attached hydrogen (secondary N) is 2. The molecular formula is C13H15N5O4. The summed E-state index contributed by atoms with van der Waals surface area (Å²) >= 11 is 0. The number of aromatic nitrogens is 3. The third kappa shape index (κ3) is 1.86. The van der Waals surface area contributed by atoms with Gasteiger partial charge in [0.2, 0.25) is 0 Å². The van der Waals surface area contributed by atoms with Crippen LogP contribution < -0.4 is 5.49 Å². The van der Waals surface area contributed by atoms with Crippen molar-refractivity contribution < 1.29 is 20.1 Å². The Morgan fingerprint density at radius 3 is 2.95 bits per heavy atom. The fourth-order valence-electron chi connectivity index (χ4n) is 2.75. The summed E-state index contributed by atoms with van der Waals surface area (Å²) in [5.74, 6) is 0. The number of nitrogens with zero attached hydrogens (tertiary/aromatic N) is 3. The molecule has 1 aliphatic heterocycles. The lowest BCUT2D eigenvalue weighted by molar-refractivity contribution is -0.0954. The van der Waals surface area contributed by atoms with E-state index in [1.807, 2.05) is 6.07 Å². The van der Waals surface area contributed by atoms with Crippen molar-refractivity contribution in [2.24, 2.45) is 0 Å². The Kier molecular flexibility index (Phi) is 3.26. The van der Waals surface area contributed by atoms with Crippen molar-refractivity contribution in [1.29, 1.82) is 10.7 Å². The lowest BCUT2D eigenvalue weighted by Crippen LogP contribution is -2.44. The van der Waals surface area contributed by atoms with Gasteiger partial charge in [0.25, 0.3) is 0 Å². The van der Waals surface area contributed by atoms with E-state index in [-0.39, 0.29) is 11.1 Å². The van der Waals surface area contributed by atoms with Gasteiger partial charge in [-0.3, -0.25) is 9.98 Å². The first kappa shape index (κ1) is 14.7. The summed E-state index contributed by atoms with van der Waals surface area (Å²) < 4.78 is 6.93. The molecule has 5 N–H and O–H groups in total. The van der Waals surface area contributed by atoms with Crippen molar-refractivity contribution in [3.8, 4) is 6.07 Å². The molecule has 9 heteroatoms. The van der Waals surface area contributed by atoms with Gasteiger partial charge in [0, 0.05) is 6.20 Å². The lowest BCUT2D eigenvalue weighted by atomic mass is 9.96. The maximum absolute atomic E-state index is 10.5. The van der Waals surface area contributed by atoms with Crippen molar-refractivity contribution in [2.45, 2.75) is 31.0 Å². The second kappa shape index (κ2) is 4.89. The SMILES string of the molecule is C[C@]1(O)C(O)[C@@H](CO)O[C@H]1n1cnc(=N)c2c(C#N)c[nH]c21. The van der Waals surface area contributed by atoms with Crippen LogP contribution in [0.1, 0.15) is 18.7 Å².